The monoisotopic (exact) mass is 398 g/mol. The number of halogens is 2. The van der Waals surface area contributed by atoms with Crippen LogP contribution in [0.5, 0.6) is 5.75 Å². The molecule has 0 unspecified atom stereocenters. The highest BCUT2D eigenvalue weighted by Crippen LogP contribution is 2.24. The van der Waals surface area contributed by atoms with E-state index in [1.165, 1.54) is 10.4 Å². The largest absolute Gasteiger partial charge is 0.492 e. The normalized spacial score (nSPS) is 15.8. The zero-order valence-corrected chi connectivity index (χ0v) is 15.7. The molecule has 0 aromatic heterocycles. The molecular formula is C18H20ClFN2O3S. The Morgan fingerprint density at radius 1 is 1.04 bits per heavy atom. The molecule has 0 aliphatic carbocycles. The topological polar surface area (TPSA) is 49.9 Å². The van der Waals surface area contributed by atoms with Crippen molar-refractivity contribution >= 4 is 27.3 Å². The Labute approximate surface area is 158 Å². The van der Waals surface area contributed by atoms with Gasteiger partial charge >= 0.3 is 0 Å². The molecule has 0 N–H and O–H groups in total. The van der Waals surface area contributed by atoms with E-state index in [4.69, 9.17) is 16.3 Å². The molecule has 0 atom stereocenters. The first-order valence-corrected chi connectivity index (χ1v) is 10.3. The summed E-state index contributed by atoms with van der Waals surface area (Å²) in [6.07, 6.45) is 0. The predicted octanol–water partition coefficient (Wildman–Crippen LogP) is 3.01. The first-order valence-electron chi connectivity index (χ1n) is 8.31. The van der Waals surface area contributed by atoms with Gasteiger partial charge in [-0.2, -0.15) is 4.31 Å². The fraction of sp³-hybridized carbons (Fsp3) is 0.333. The Balaban J connectivity index is 1.52. The number of para-hydroxylation sites is 1. The van der Waals surface area contributed by atoms with Crippen molar-refractivity contribution in [2.45, 2.75) is 0 Å². The van der Waals surface area contributed by atoms with Crippen LogP contribution in [0.25, 0.3) is 0 Å². The van der Waals surface area contributed by atoms with E-state index in [1.807, 2.05) is 23.1 Å². The molecule has 0 amide bonds. The van der Waals surface area contributed by atoms with Crippen molar-refractivity contribution in [3.63, 3.8) is 0 Å². The lowest BCUT2D eigenvalue weighted by molar-refractivity contribution is 0.331. The van der Waals surface area contributed by atoms with Gasteiger partial charge in [-0.05, 0) is 30.3 Å². The van der Waals surface area contributed by atoms with Gasteiger partial charge in [0.2, 0.25) is 10.0 Å². The molecule has 0 saturated carbocycles. The van der Waals surface area contributed by atoms with Gasteiger partial charge in [0.25, 0.3) is 0 Å². The third kappa shape index (κ3) is 4.66. The molecule has 1 heterocycles. The number of benzene rings is 2. The van der Waals surface area contributed by atoms with Crippen LogP contribution in [0, 0.1) is 5.82 Å². The highest BCUT2D eigenvalue weighted by molar-refractivity contribution is 7.89. The standard InChI is InChI=1S/C18H20ClFN2O3S/c19-17-14-15(6-7-18(17)20)21-8-10-22(11-9-21)26(23,24)13-12-25-16-4-2-1-3-5-16/h1-7,14H,8-13H2. The summed E-state index contributed by atoms with van der Waals surface area (Å²) in [7, 11) is -3.38. The van der Waals surface area contributed by atoms with E-state index < -0.39 is 15.8 Å². The molecule has 2 aromatic rings. The number of anilines is 1. The Kier molecular flexibility index (Phi) is 6.01. The van der Waals surface area contributed by atoms with Gasteiger partial charge in [-0.15, -0.1) is 0 Å². The second kappa shape index (κ2) is 8.24. The van der Waals surface area contributed by atoms with Crippen LogP contribution < -0.4 is 9.64 Å². The quantitative estimate of drug-likeness (QED) is 0.750. The number of ether oxygens (including phenoxy) is 1. The van der Waals surface area contributed by atoms with Crippen LogP contribution >= 0.6 is 11.6 Å². The summed E-state index contributed by atoms with van der Waals surface area (Å²) in [4.78, 5) is 2.00. The van der Waals surface area contributed by atoms with E-state index in [9.17, 15) is 12.8 Å². The van der Waals surface area contributed by atoms with Crippen molar-refractivity contribution in [1.29, 1.82) is 0 Å². The van der Waals surface area contributed by atoms with Crippen LogP contribution in [0.2, 0.25) is 5.02 Å². The molecule has 26 heavy (non-hydrogen) atoms. The summed E-state index contributed by atoms with van der Waals surface area (Å²) in [6.45, 7) is 1.92. The SMILES string of the molecule is O=S(=O)(CCOc1ccccc1)N1CCN(c2ccc(F)c(Cl)c2)CC1. The average molecular weight is 399 g/mol. The summed E-state index contributed by atoms with van der Waals surface area (Å²) >= 11 is 5.82. The van der Waals surface area contributed by atoms with Crippen LogP contribution in [0.3, 0.4) is 0 Å². The Hall–Kier alpha value is -1.83. The molecule has 0 bridgehead atoms. The lowest BCUT2D eigenvalue weighted by Gasteiger charge is -2.35. The molecule has 5 nitrogen and oxygen atoms in total. The Morgan fingerprint density at radius 2 is 1.73 bits per heavy atom. The summed E-state index contributed by atoms with van der Waals surface area (Å²) in [6, 6.07) is 13.7. The van der Waals surface area contributed by atoms with Crippen molar-refractivity contribution in [3.05, 3.63) is 59.4 Å². The van der Waals surface area contributed by atoms with E-state index >= 15 is 0 Å². The van der Waals surface area contributed by atoms with Gasteiger partial charge in [-0.25, -0.2) is 12.8 Å². The number of piperazine rings is 1. The highest BCUT2D eigenvalue weighted by Gasteiger charge is 2.27. The molecule has 8 heteroatoms. The first kappa shape index (κ1) is 18.9. The van der Waals surface area contributed by atoms with Crippen LogP contribution in [-0.2, 0) is 10.0 Å². The maximum atomic E-state index is 13.3. The van der Waals surface area contributed by atoms with Crippen LogP contribution in [0.4, 0.5) is 10.1 Å². The highest BCUT2D eigenvalue weighted by atomic mass is 35.5. The molecule has 2 aromatic carbocycles. The van der Waals surface area contributed by atoms with Crippen molar-refractivity contribution in [2.24, 2.45) is 0 Å². The van der Waals surface area contributed by atoms with Gasteiger partial charge in [0.15, 0.2) is 0 Å². The number of hydrogen-bond acceptors (Lipinski definition) is 4. The number of rotatable bonds is 6. The molecular weight excluding hydrogens is 379 g/mol. The summed E-state index contributed by atoms with van der Waals surface area (Å²) in [5.74, 6) is 0.125. The molecule has 1 aliphatic heterocycles. The van der Waals surface area contributed by atoms with Gasteiger partial charge in [0, 0.05) is 31.9 Å². The van der Waals surface area contributed by atoms with E-state index in [0.29, 0.717) is 31.9 Å². The van der Waals surface area contributed by atoms with Gasteiger partial charge in [0.05, 0.1) is 10.8 Å². The van der Waals surface area contributed by atoms with Gasteiger partial charge < -0.3 is 9.64 Å². The second-order valence-electron chi connectivity index (χ2n) is 5.96. The zero-order valence-electron chi connectivity index (χ0n) is 14.1. The predicted molar refractivity (Wildman–Crippen MR) is 101 cm³/mol. The Morgan fingerprint density at radius 3 is 2.38 bits per heavy atom. The minimum atomic E-state index is -3.38. The van der Waals surface area contributed by atoms with Gasteiger partial charge in [-0.3, -0.25) is 0 Å². The van der Waals surface area contributed by atoms with Crippen LogP contribution in [0.15, 0.2) is 48.5 Å². The summed E-state index contributed by atoms with van der Waals surface area (Å²) in [5.41, 5.74) is 0.792. The van der Waals surface area contributed by atoms with E-state index in [0.717, 1.165) is 5.69 Å². The fourth-order valence-corrected chi connectivity index (χ4v) is 4.26. The molecule has 1 saturated heterocycles. The summed E-state index contributed by atoms with van der Waals surface area (Å²) < 4.78 is 45.2. The average Bonchev–Trinajstić information content (AvgIpc) is 2.65. The molecule has 1 fully saturated rings. The van der Waals surface area contributed by atoms with Gasteiger partial charge in [-0.1, -0.05) is 29.8 Å². The molecule has 0 spiro atoms. The first-order chi connectivity index (χ1) is 12.5. The van der Waals surface area contributed by atoms with Gasteiger partial charge in [0.1, 0.15) is 18.2 Å². The smallest absolute Gasteiger partial charge is 0.217 e. The lowest BCUT2D eigenvalue weighted by atomic mass is 10.2. The molecule has 1 aliphatic rings. The van der Waals surface area contributed by atoms with Crippen molar-refractivity contribution in [3.8, 4) is 5.75 Å². The minimum absolute atomic E-state index is 0.0652. The van der Waals surface area contributed by atoms with E-state index in [-0.39, 0.29) is 17.4 Å². The van der Waals surface area contributed by atoms with E-state index in [1.54, 1.807) is 24.3 Å². The maximum absolute atomic E-state index is 13.3. The third-order valence-electron chi connectivity index (χ3n) is 4.25. The van der Waals surface area contributed by atoms with E-state index in [2.05, 4.69) is 0 Å². The molecule has 3 rings (SSSR count). The lowest BCUT2D eigenvalue weighted by Crippen LogP contribution is -2.49. The second-order valence-corrected chi connectivity index (χ2v) is 8.46. The number of nitrogens with zero attached hydrogens (tertiary/aromatic N) is 2. The zero-order chi connectivity index (χ0) is 18.6. The van der Waals surface area contributed by atoms with Crippen LogP contribution in [-0.4, -0.2) is 51.3 Å². The third-order valence-corrected chi connectivity index (χ3v) is 6.38. The summed E-state index contributed by atoms with van der Waals surface area (Å²) in [5, 5.41) is 0.0654. The fourth-order valence-electron chi connectivity index (χ4n) is 2.82. The van der Waals surface area contributed by atoms with Crippen molar-refractivity contribution in [1.82, 2.24) is 4.31 Å². The molecule has 0 radical (unpaired) electrons. The van der Waals surface area contributed by atoms with Crippen molar-refractivity contribution < 1.29 is 17.5 Å². The number of sulfonamides is 1. The van der Waals surface area contributed by atoms with Crippen LogP contribution in [0.1, 0.15) is 0 Å². The van der Waals surface area contributed by atoms with Crippen molar-refractivity contribution in [2.75, 3.05) is 43.4 Å². The Bertz CT molecular complexity index is 841. The molecule has 140 valence electrons. The maximum Gasteiger partial charge on any atom is 0.217 e. The number of hydrogen-bond donors (Lipinski definition) is 0. The minimum Gasteiger partial charge on any atom is -0.492 e.